The van der Waals surface area contributed by atoms with Gasteiger partial charge < -0.3 is 10.5 Å². The Kier molecular flexibility index (Phi) is 5.77. The maximum Gasteiger partial charge on any atom is 0.244 e. The van der Waals surface area contributed by atoms with Gasteiger partial charge in [-0.15, -0.1) is 12.4 Å². The maximum absolute atomic E-state index is 12.7. The van der Waals surface area contributed by atoms with Crippen molar-refractivity contribution in [3.63, 3.8) is 0 Å². The molecule has 3 rings (SSSR count). The zero-order chi connectivity index (χ0) is 15.0. The van der Waals surface area contributed by atoms with Crippen LogP contribution in [0.5, 0.6) is 5.75 Å². The fourth-order valence-corrected chi connectivity index (χ4v) is 5.38. The Bertz CT molecular complexity index is 654. The second-order valence-electron chi connectivity index (χ2n) is 5.65. The molecule has 0 spiro atoms. The molecule has 1 fully saturated rings. The van der Waals surface area contributed by atoms with Gasteiger partial charge in [-0.25, -0.2) is 13.1 Å². The molecule has 0 amide bonds. The summed E-state index contributed by atoms with van der Waals surface area (Å²) in [6.07, 6.45) is 3.59. The van der Waals surface area contributed by atoms with Crippen LogP contribution in [-0.2, 0) is 16.4 Å². The lowest BCUT2D eigenvalue weighted by Crippen LogP contribution is -2.39. The van der Waals surface area contributed by atoms with E-state index in [9.17, 15) is 8.42 Å². The van der Waals surface area contributed by atoms with Crippen molar-refractivity contribution in [3.05, 3.63) is 22.2 Å². The van der Waals surface area contributed by atoms with Crippen molar-refractivity contribution >= 4 is 38.4 Å². The molecule has 22 heavy (non-hydrogen) atoms. The summed E-state index contributed by atoms with van der Waals surface area (Å²) in [6, 6.07) is 3.45. The quantitative estimate of drug-likeness (QED) is 0.796. The molecule has 1 aromatic rings. The van der Waals surface area contributed by atoms with Crippen LogP contribution < -0.4 is 15.2 Å². The Morgan fingerprint density at radius 3 is 2.86 bits per heavy atom. The summed E-state index contributed by atoms with van der Waals surface area (Å²) in [5.41, 5.74) is 6.67. The van der Waals surface area contributed by atoms with E-state index < -0.39 is 10.0 Å². The second-order valence-corrected chi connectivity index (χ2v) is 8.24. The van der Waals surface area contributed by atoms with E-state index in [4.69, 9.17) is 10.5 Å². The van der Waals surface area contributed by atoms with Crippen LogP contribution in [0.1, 0.15) is 24.8 Å². The smallest absolute Gasteiger partial charge is 0.244 e. The predicted octanol–water partition coefficient (Wildman–Crippen LogP) is 2.21. The third-order valence-corrected chi connectivity index (χ3v) is 6.23. The minimum atomic E-state index is -3.60. The summed E-state index contributed by atoms with van der Waals surface area (Å²) in [6.45, 7) is 1.05. The number of hydrogen-bond donors (Lipinski definition) is 2. The zero-order valence-corrected chi connectivity index (χ0v) is 15.3. The Morgan fingerprint density at radius 2 is 2.14 bits per heavy atom. The number of sulfonamides is 1. The molecule has 8 heteroatoms. The Hall–Kier alpha value is -0.340. The highest BCUT2D eigenvalue weighted by Crippen LogP contribution is 2.36. The first-order valence-electron chi connectivity index (χ1n) is 7.19. The largest absolute Gasteiger partial charge is 0.492 e. The number of nitrogens with one attached hydrogen (secondary N) is 1. The van der Waals surface area contributed by atoms with Crippen molar-refractivity contribution in [1.82, 2.24) is 4.72 Å². The first kappa shape index (κ1) is 18.0. The van der Waals surface area contributed by atoms with Gasteiger partial charge in [0.05, 0.1) is 6.61 Å². The van der Waals surface area contributed by atoms with E-state index in [0.717, 1.165) is 35.7 Å². The molecule has 2 aliphatic rings. The van der Waals surface area contributed by atoms with E-state index in [0.29, 0.717) is 18.9 Å². The molecule has 1 heterocycles. The molecule has 3 N–H and O–H groups in total. The van der Waals surface area contributed by atoms with Crippen LogP contribution in [0.2, 0.25) is 0 Å². The molecule has 1 aliphatic carbocycles. The Morgan fingerprint density at radius 1 is 1.36 bits per heavy atom. The summed E-state index contributed by atoms with van der Waals surface area (Å²) >= 11 is 3.38. The highest BCUT2D eigenvalue weighted by atomic mass is 79.9. The Balaban J connectivity index is 0.00000176. The highest BCUT2D eigenvalue weighted by molar-refractivity contribution is 9.10. The molecular weight excluding hydrogens is 392 g/mol. The van der Waals surface area contributed by atoms with Gasteiger partial charge in [-0.3, -0.25) is 0 Å². The van der Waals surface area contributed by atoms with Crippen LogP contribution in [0.25, 0.3) is 0 Å². The van der Waals surface area contributed by atoms with Gasteiger partial charge >= 0.3 is 0 Å². The van der Waals surface area contributed by atoms with Crippen molar-refractivity contribution in [1.29, 1.82) is 0 Å². The number of hydrogen-bond acceptors (Lipinski definition) is 4. The molecule has 2 atom stereocenters. The SMILES string of the molecule is Cl.NCC1CCCC1NS(=O)(=O)c1cc(Br)cc2c1OCC2. The first-order chi connectivity index (χ1) is 10.0. The van der Waals surface area contributed by atoms with E-state index in [2.05, 4.69) is 20.7 Å². The fraction of sp³-hybridized carbons (Fsp3) is 0.571. The van der Waals surface area contributed by atoms with Gasteiger partial charge in [0.15, 0.2) is 0 Å². The van der Waals surface area contributed by atoms with E-state index in [1.807, 2.05) is 6.07 Å². The minimum Gasteiger partial charge on any atom is -0.492 e. The molecular formula is C14H20BrClN2O3S. The maximum atomic E-state index is 12.7. The Labute approximate surface area is 145 Å². The van der Waals surface area contributed by atoms with Crippen molar-refractivity contribution < 1.29 is 13.2 Å². The standard InChI is InChI=1S/C14H19BrN2O3S.ClH/c15-11-6-9-4-5-20-14(9)13(7-11)21(18,19)17-12-3-1-2-10(12)8-16;/h6-7,10,12,17H,1-5,8,16H2;1H. The molecule has 0 aromatic heterocycles. The topological polar surface area (TPSA) is 81.4 Å². The van der Waals surface area contributed by atoms with Gasteiger partial charge in [0, 0.05) is 22.5 Å². The van der Waals surface area contributed by atoms with Crippen molar-refractivity contribution in [2.45, 2.75) is 36.6 Å². The van der Waals surface area contributed by atoms with E-state index in [1.165, 1.54) is 0 Å². The van der Waals surface area contributed by atoms with Crippen LogP contribution in [0.3, 0.4) is 0 Å². The summed E-state index contributed by atoms with van der Waals surface area (Å²) in [5, 5.41) is 0. The van der Waals surface area contributed by atoms with Gasteiger partial charge in [0.2, 0.25) is 10.0 Å². The second kappa shape index (κ2) is 7.05. The van der Waals surface area contributed by atoms with Crippen molar-refractivity contribution in [2.24, 2.45) is 11.7 Å². The predicted molar refractivity (Wildman–Crippen MR) is 91.1 cm³/mol. The van der Waals surface area contributed by atoms with Crippen LogP contribution in [-0.4, -0.2) is 27.6 Å². The molecule has 5 nitrogen and oxygen atoms in total. The van der Waals surface area contributed by atoms with Crippen molar-refractivity contribution in [2.75, 3.05) is 13.2 Å². The molecule has 0 saturated heterocycles. The van der Waals surface area contributed by atoms with E-state index in [-0.39, 0.29) is 29.3 Å². The van der Waals surface area contributed by atoms with Crippen molar-refractivity contribution in [3.8, 4) is 5.75 Å². The molecule has 0 radical (unpaired) electrons. The molecule has 2 unspecified atom stereocenters. The summed E-state index contributed by atoms with van der Waals surface area (Å²) < 4.78 is 34.5. The number of rotatable bonds is 4. The van der Waals surface area contributed by atoms with Gasteiger partial charge in [0.25, 0.3) is 0 Å². The average molecular weight is 412 g/mol. The average Bonchev–Trinajstić information content (AvgIpc) is 3.05. The first-order valence-corrected chi connectivity index (χ1v) is 9.46. The van der Waals surface area contributed by atoms with Crippen LogP contribution in [0.15, 0.2) is 21.5 Å². The van der Waals surface area contributed by atoms with Crippen LogP contribution >= 0.6 is 28.3 Å². The van der Waals surface area contributed by atoms with Gasteiger partial charge in [0.1, 0.15) is 10.6 Å². The third-order valence-electron chi connectivity index (χ3n) is 4.27. The minimum absolute atomic E-state index is 0. The fourth-order valence-electron chi connectivity index (χ4n) is 3.17. The molecule has 1 saturated carbocycles. The number of benzene rings is 1. The monoisotopic (exact) mass is 410 g/mol. The molecule has 1 aromatic carbocycles. The number of fused-ring (bicyclic) bond motifs is 1. The van der Waals surface area contributed by atoms with Crippen LogP contribution in [0.4, 0.5) is 0 Å². The number of nitrogens with two attached hydrogens (primary N) is 1. The van der Waals surface area contributed by atoms with Gasteiger partial charge in [-0.05, 0) is 37.4 Å². The van der Waals surface area contributed by atoms with E-state index in [1.54, 1.807) is 6.07 Å². The molecule has 124 valence electrons. The summed E-state index contributed by atoms with van der Waals surface area (Å²) in [7, 11) is -3.60. The summed E-state index contributed by atoms with van der Waals surface area (Å²) in [4.78, 5) is 0.229. The summed E-state index contributed by atoms with van der Waals surface area (Å²) in [5.74, 6) is 0.717. The lowest BCUT2D eigenvalue weighted by Gasteiger charge is -2.20. The third kappa shape index (κ3) is 3.43. The lowest BCUT2D eigenvalue weighted by atomic mass is 10.1. The normalized spacial score (nSPS) is 23.7. The van der Waals surface area contributed by atoms with Crippen LogP contribution in [0, 0.1) is 5.92 Å². The molecule has 1 aliphatic heterocycles. The highest BCUT2D eigenvalue weighted by Gasteiger charge is 2.33. The lowest BCUT2D eigenvalue weighted by molar-refractivity contribution is 0.348. The zero-order valence-electron chi connectivity index (χ0n) is 12.0. The molecule has 0 bridgehead atoms. The van der Waals surface area contributed by atoms with Gasteiger partial charge in [-0.2, -0.15) is 0 Å². The van der Waals surface area contributed by atoms with Gasteiger partial charge in [-0.1, -0.05) is 22.4 Å². The number of ether oxygens (including phenoxy) is 1. The van der Waals surface area contributed by atoms with E-state index >= 15 is 0 Å². The number of halogens is 2.